The van der Waals surface area contributed by atoms with Gasteiger partial charge in [-0.25, -0.2) is 9.07 Å². The molecule has 158 valence electrons. The summed E-state index contributed by atoms with van der Waals surface area (Å²) >= 11 is 12.5. The molecule has 1 N–H and O–H groups in total. The van der Waals surface area contributed by atoms with Crippen LogP contribution in [0.3, 0.4) is 0 Å². The summed E-state index contributed by atoms with van der Waals surface area (Å²) in [6.07, 6.45) is 1.69. The van der Waals surface area contributed by atoms with Crippen molar-refractivity contribution >= 4 is 29.2 Å². The van der Waals surface area contributed by atoms with Gasteiger partial charge in [0.05, 0.1) is 18.2 Å². The molecule has 0 spiro atoms. The van der Waals surface area contributed by atoms with Crippen LogP contribution in [0.4, 0.5) is 10.3 Å². The van der Waals surface area contributed by atoms with Gasteiger partial charge < -0.3 is 14.8 Å². The van der Waals surface area contributed by atoms with Crippen molar-refractivity contribution in [1.29, 1.82) is 0 Å². The van der Waals surface area contributed by atoms with Crippen LogP contribution in [0.1, 0.15) is 18.1 Å². The number of hydrogen-bond donors (Lipinski definition) is 1. The van der Waals surface area contributed by atoms with Gasteiger partial charge in [-0.05, 0) is 41.1 Å². The van der Waals surface area contributed by atoms with E-state index >= 15 is 0 Å². The summed E-state index contributed by atoms with van der Waals surface area (Å²) in [5.74, 6) is 0.918. The lowest BCUT2D eigenvalue weighted by molar-refractivity contribution is 0.265. The number of aromatic nitrogens is 4. The lowest BCUT2D eigenvalue weighted by atomic mass is 10.2. The third-order valence-corrected chi connectivity index (χ3v) is 4.82. The van der Waals surface area contributed by atoms with Crippen LogP contribution in [-0.2, 0) is 19.7 Å². The first kappa shape index (κ1) is 21.9. The Hall–Kier alpha value is -2.84. The second-order valence-electron chi connectivity index (χ2n) is 6.14. The predicted octanol–water partition coefficient (Wildman–Crippen LogP) is 4.89. The lowest BCUT2D eigenvalue weighted by Crippen LogP contribution is -2.09. The topological polar surface area (TPSA) is 74.1 Å². The fourth-order valence-electron chi connectivity index (χ4n) is 2.66. The lowest BCUT2D eigenvalue weighted by Gasteiger charge is -2.16. The molecule has 0 saturated carbocycles. The fourth-order valence-corrected chi connectivity index (χ4v) is 3.10. The molecule has 1 aromatic heterocycles. The molecule has 0 aliphatic carbocycles. The molecule has 7 nitrogen and oxygen atoms in total. The van der Waals surface area contributed by atoms with Gasteiger partial charge in [-0.3, -0.25) is 0 Å². The Morgan fingerprint density at radius 2 is 2.00 bits per heavy atom. The maximum absolute atomic E-state index is 14.0. The third-order valence-electron chi connectivity index (χ3n) is 4.12. The van der Waals surface area contributed by atoms with E-state index in [0.29, 0.717) is 42.2 Å². The van der Waals surface area contributed by atoms with E-state index in [1.54, 1.807) is 29.0 Å². The van der Waals surface area contributed by atoms with Crippen LogP contribution >= 0.6 is 23.2 Å². The Kier molecular flexibility index (Phi) is 7.48. The minimum Gasteiger partial charge on any atom is -0.490 e. The quantitative estimate of drug-likeness (QED) is 0.442. The zero-order valence-electron chi connectivity index (χ0n) is 16.2. The van der Waals surface area contributed by atoms with E-state index in [1.165, 1.54) is 12.1 Å². The molecule has 1 heterocycles. The van der Waals surface area contributed by atoms with E-state index in [2.05, 4.69) is 27.4 Å². The number of nitrogens with one attached hydrogen (secondary N) is 1. The van der Waals surface area contributed by atoms with Gasteiger partial charge in [0.15, 0.2) is 11.5 Å². The van der Waals surface area contributed by atoms with E-state index in [0.717, 1.165) is 5.56 Å². The van der Waals surface area contributed by atoms with Crippen LogP contribution in [0, 0.1) is 5.82 Å². The highest BCUT2D eigenvalue weighted by Gasteiger charge is 2.15. The number of hydrogen-bond acceptors (Lipinski definition) is 6. The molecular weight excluding hydrogens is 432 g/mol. The Morgan fingerprint density at radius 3 is 2.73 bits per heavy atom. The molecule has 0 amide bonds. The summed E-state index contributed by atoms with van der Waals surface area (Å²) in [5, 5.41) is 15.3. The first-order chi connectivity index (χ1) is 14.5. The van der Waals surface area contributed by atoms with Crippen molar-refractivity contribution in [3.05, 3.63) is 70.0 Å². The van der Waals surface area contributed by atoms with Gasteiger partial charge in [0.1, 0.15) is 12.4 Å². The Bertz CT molecular complexity index is 1010. The van der Waals surface area contributed by atoms with Gasteiger partial charge >= 0.3 is 0 Å². The van der Waals surface area contributed by atoms with E-state index in [9.17, 15) is 4.39 Å². The summed E-state index contributed by atoms with van der Waals surface area (Å²) < 4.78 is 27.0. The molecule has 30 heavy (non-hydrogen) atoms. The van der Waals surface area contributed by atoms with Crippen molar-refractivity contribution in [2.45, 2.75) is 26.6 Å². The number of rotatable bonds is 10. The van der Waals surface area contributed by atoms with Gasteiger partial charge in [-0.15, -0.1) is 6.58 Å². The summed E-state index contributed by atoms with van der Waals surface area (Å²) in [4.78, 5) is 0. The highest BCUT2D eigenvalue weighted by molar-refractivity contribution is 6.31. The smallest absolute Gasteiger partial charge is 0.243 e. The molecule has 0 fully saturated rings. The number of nitrogens with zero attached hydrogens (tertiary/aromatic N) is 4. The first-order valence-corrected chi connectivity index (χ1v) is 9.90. The highest BCUT2D eigenvalue weighted by Crippen LogP contribution is 2.35. The monoisotopic (exact) mass is 451 g/mol. The molecule has 3 rings (SSSR count). The largest absolute Gasteiger partial charge is 0.490 e. The number of benzene rings is 2. The predicted molar refractivity (Wildman–Crippen MR) is 114 cm³/mol. The van der Waals surface area contributed by atoms with Crippen LogP contribution in [0.2, 0.25) is 10.0 Å². The van der Waals surface area contributed by atoms with Crippen molar-refractivity contribution in [3.63, 3.8) is 0 Å². The Balaban J connectivity index is 1.78. The SMILES string of the molecule is C=CCn1nnnc1NCc1cc(OCC)c(OCc2c(F)cccc2Cl)cc1Cl. The molecule has 0 aliphatic heterocycles. The molecule has 0 radical (unpaired) electrons. The van der Waals surface area contributed by atoms with Crippen LogP contribution in [0.5, 0.6) is 11.5 Å². The maximum Gasteiger partial charge on any atom is 0.243 e. The zero-order chi connectivity index (χ0) is 21.5. The summed E-state index contributed by atoms with van der Waals surface area (Å²) in [7, 11) is 0. The number of tetrazole rings is 1. The Morgan fingerprint density at radius 1 is 1.20 bits per heavy atom. The van der Waals surface area contributed by atoms with Crippen molar-refractivity contribution in [2.24, 2.45) is 0 Å². The minimum absolute atomic E-state index is 0.0597. The molecule has 0 atom stereocenters. The van der Waals surface area contributed by atoms with Gasteiger partial charge in [-0.2, -0.15) is 0 Å². The highest BCUT2D eigenvalue weighted by atomic mass is 35.5. The maximum atomic E-state index is 14.0. The standard InChI is InChI=1S/C20H20Cl2FN5O2/c1-3-8-28-20(25-26-27-28)24-11-13-9-18(29-4-2)19(10-16(13)22)30-12-14-15(21)6-5-7-17(14)23/h3,5-7,9-10H,1,4,8,11-12H2,2H3,(H,24,25,27). The van der Waals surface area contributed by atoms with Gasteiger partial charge in [0.25, 0.3) is 0 Å². The van der Waals surface area contributed by atoms with Crippen LogP contribution < -0.4 is 14.8 Å². The number of allylic oxidation sites excluding steroid dienone is 1. The van der Waals surface area contributed by atoms with Crippen LogP contribution in [0.15, 0.2) is 43.0 Å². The van der Waals surface area contributed by atoms with Crippen LogP contribution in [-0.4, -0.2) is 26.8 Å². The van der Waals surface area contributed by atoms with Crippen molar-refractivity contribution in [3.8, 4) is 11.5 Å². The van der Waals surface area contributed by atoms with E-state index in [1.807, 2.05) is 6.92 Å². The second-order valence-corrected chi connectivity index (χ2v) is 6.95. The van der Waals surface area contributed by atoms with Gasteiger partial charge in [0, 0.05) is 23.2 Å². The van der Waals surface area contributed by atoms with Gasteiger partial charge in [-0.1, -0.05) is 40.4 Å². The molecule has 0 unspecified atom stereocenters. The fraction of sp³-hybridized carbons (Fsp3) is 0.250. The van der Waals surface area contributed by atoms with Crippen molar-refractivity contribution in [1.82, 2.24) is 20.2 Å². The normalized spacial score (nSPS) is 10.7. The van der Waals surface area contributed by atoms with Gasteiger partial charge in [0.2, 0.25) is 5.95 Å². The summed E-state index contributed by atoms with van der Waals surface area (Å²) in [6, 6.07) is 7.87. The number of halogens is 3. The van der Waals surface area contributed by atoms with E-state index < -0.39 is 5.82 Å². The minimum atomic E-state index is -0.440. The molecule has 0 bridgehead atoms. The molecule has 3 aromatic rings. The zero-order valence-corrected chi connectivity index (χ0v) is 17.8. The third kappa shape index (κ3) is 5.20. The Labute approximate surface area is 183 Å². The summed E-state index contributed by atoms with van der Waals surface area (Å²) in [5.41, 5.74) is 1.02. The number of ether oxygens (including phenoxy) is 2. The summed E-state index contributed by atoms with van der Waals surface area (Å²) in [6.45, 7) is 6.72. The molecule has 0 saturated heterocycles. The van der Waals surface area contributed by atoms with Crippen LogP contribution in [0.25, 0.3) is 0 Å². The van der Waals surface area contributed by atoms with E-state index in [4.69, 9.17) is 32.7 Å². The molecule has 2 aromatic carbocycles. The first-order valence-electron chi connectivity index (χ1n) is 9.15. The van der Waals surface area contributed by atoms with Crippen molar-refractivity contribution < 1.29 is 13.9 Å². The average Bonchev–Trinajstić information content (AvgIpc) is 3.16. The average molecular weight is 452 g/mol. The van der Waals surface area contributed by atoms with E-state index in [-0.39, 0.29) is 17.2 Å². The number of anilines is 1. The molecule has 0 aliphatic rings. The van der Waals surface area contributed by atoms with Crippen molar-refractivity contribution in [2.75, 3.05) is 11.9 Å². The molecular formula is C20H20Cl2FN5O2. The second kappa shape index (κ2) is 10.3. The molecule has 10 heteroatoms.